The Morgan fingerprint density at radius 2 is 2.14 bits per heavy atom. The molecule has 5 nitrogen and oxygen atoms in total. The minimum Gasteiger partial charge on any atom is -0.497 e. The van der Waals surface area contributed by atoms with Gasteiger partial charge >= 0.3 is 0 Å². The third-order valence-electron chi connectivity index (χ3n) is 3.76. The van der Waals surface area contributed by atoms with Gasteiger partial charge in [-0.2, -0.15) is 11.8 Å². The number of benzene rings is 1. The molecule has 1 N–H and O–H groups in total. The Hall–Kier alpha value is -0.760. The van der Waals surface area contributed by atoms with Crippen molar-refractivity contribution in [2.45, 2.75) is 23.8 Å². The third-order valence-corrected chi connectivity index (χ3v) is 6.54. The first-order chi connectivity index (χ1) is 9.92. The molecule has 1 aromatic carbocycles. The molecule has 0 spiro atoms. The van der Waals surface area contributed by atoms with Gasteiger partial charge in [0.2, 0.25) is 10.0 Å². The van der Waals surface area contributed by atoms with Crippen molar-refractivity contribution in [3.05, 3.63) is 23.8 Å². The molecule has 1 unspecified atom stereocenters. The van der Waals surface area contributed by atoms with E-state index in [4.69, 9.17) is 9.47 Å². The SMILES string of the molecule is COc1ccc(S(=O)(=O)NCC2(OC)CCSC2)c(C)c1. The monoisotopic (exact) mass is 331 g/mol. The maximum absolute atomic E-state index is 12.5. The number of nitrogens with one attached hydrogen (secondary N) is 1. The van der Waals surface area contributed by atoms with Gasteiger partial charge in [-0.25, -0.2) is 13.1 Å². The van der Waals surface area contributed by atoms with Crippen molar-refractivity contribution in [2.24, 2.45) is 0 Å². The Morgan fingerprint density at radius 3 is 2.67 bits per heavy atom. The summed E-state index contributed by atoms with van der Waals surface area (Å²) in [7, 11) is -0.352. The van der Waals surface area contributed by atoms with E-state index in [1.807, 2.05) is 0 Å². The molecular weight excluding hydrogens is 310 g/mol. The van der Waals surface area contributed by atoms with Crippen LogP contribution in [0.25, 0.3) is 0 Å². The van der Waals surface area contributed by atoms with Crippen molar-refractivity contribution in [3.63, 3.8) is 0 Å². The van der Waals surface area contributed by atoms with Gasteiger partial charge in [-0.3, -0.25) is 0 Å². The quantitative estimate of drug-likeness (QED) is 0.861. The molecule has 1 aliphatic rings. The highest BCUT2D eigenvalue weighted by Gasteiger charge is 2.35. The fourth-order valence-electron chi connectivity index (χ4n) is 2.32. The van der Waals surface area contributed by atoms with Crippen molar-refractivity contribution < 1.29 is 17.9 Å². The highest BCUT2D eigenvalue weighted by atomic mass is 32.2. The summed E-state index contributed by atoms with van der Waals surface area (Å²) in [6.45, 7) is 2.05. The zero-order chi connectivity index (χ0) is 15.5. The van der Waals surface area contributed by atoms with Crippen LogP contribution in [0.15, 0.2) is 23.1 Å². The number of methoxy groups -OCH3 is 2. The summed E-state index contributed by atoms with van der Waals surface area (Å²) in [5.74, 6) is 2.46. The molecule has 1 atom stereocenters. The lowest BCUT2D eigenvalue weighted by atomic mass is 10.0. The molecule has 0 aromatic heterocycles. The second-order valence-corrected chi connectivity index (χ2v) is 7.99. The zero-order valence-electron chi connectivity index (χ0n) is 12.5. The maximum Gasteiger partial charge on any atom is 0.240 e. The summed E-state index contributed by atoms with van der Waals surface area (Å²) in [4.78, 5) is 0.278. The summed E-state index contributed by atoms with van der Waals surface area (Å²) in [5, 5.41) is 0. The predicted octanol–water partition coefficient (Wildman–Crippen LogP) is 1.80. The van der Waals surface area contributed by atoms with E-state index in [0.717, 1.165) is 17.9 Å². The van der Waals surface area contributed by atoms with E-state index < -0.39 is 15.6 Å². The molecule has 1 saturated heterocycles. The van der Waals surface area contributed by atoms with Gasteiger partial charge < -0.3 is 9.47 Å². The number of ether oxygens (including phenoxy) is 2. The normalized spacial score (nSPS) is 22.4. The second kappa shape index (κ2) is 6.56. The smallest absolute Gasteiger partial charge is 0.240 e. The highest BCUT2D eigenvalue weighted by Crippen LogP contribution is 2.31. The van der Waals surface area contributed by atoms with Gasteiger partial charge in [0.1, 0.15) is 5.75 Å². The lowest BCUT2D eigenvalue weighted by Crippen LogP contribution is -2.44. The molecular formula is C14H21NO4S2. The Bertz CT molecular complexity index is 595. The van der Waals surface area contributed by atoms with Gasteiger partial charge in [0.05, 0.1) is 17.6 Å². The van der Waals surface area contributed by atoms with Crippen molar-refractivity contribution >= 4 is 21.8 Å². The van der Waals surface area contributed by atoms with E-state index in [1.165, 1.54) is 0 Å². The van der Waals surface area contributed by atoms with Crippen LogP contribution in [-0.2, 0) is 14.8 Å². The van der Waals surface area contributed by atoms with Crippen molar-refractivity contribution in [1.29, 1.82) is 0 Å². The summed E-state index contributed by atoms with van der Waals surface area (Å²) in [6.07, 6.45) is 0.859. The molecule has 0 radical (unpaired) electrons. The highest BCUT2D eigenvalue weighted by molar-refractivity contribution is 7.99. The lowest BCUT2D eigenvalue weighted by Gasteiger charge is -2.26. The Morgan fingerprint density at radius 1 is 1.38 bits per heavy atom. The van der Waals surface area contributed by atoms with Crippen molar-refractivity contribution in [3.8, 4) is 5.75 Å². The molecule has 1 fully saturated rings. The Balaban J connectivity index is 2.15. The van der Waals surface area contributed by atoms with Gasteiger partial charge in [0.25, 0.3) is 0 Å². The fraction of sp³-hybridized carbons (Fsp3) is 0.571. The maximum atomic E-state index is 12.5. The van der Waals surface area contributed by atoms with Crippen LogP contribution < -0.4 is 9.46 Å². The van der Waals surface area contributed by atoms with E-state index >= 15 is 0 Å². The topological polar surface area (TPSA) is 64.6 Å². The van der Waals surface area contributed by atoms with Gasteiger partial charge in [-0.05, 0) is 42.9 Å². The van der Waals surface area contributed by atoms with Crippen LogP contribution in [-0.4, -0.2) is 46.3 Å². The Labute approximate surface area is 130 Å². The molecule has 7 heteroatoms. The molecule has 1 aromatic rings. The fourth-order valence-corrected chi connectivity index (χ4v) is 5.05. The molecule has 2 rings (SSSR count). The molecule has 1 heterocycles. The molecule has 0 bridgehead atoms. The first-order valence-corrected chi connectivity index (χ1v) is 9.33. The molecule has 0 amide bonds. The molecule has 21 heavy (non-hydrogen) atoms. The minimum absolute atomic E-state index is 0.278. The number of sulfonamides is 1. The van der Waals surface area contributed by atoms with Crippen LogP contribution in [0.2, 0.25) is 0 Å². The standard InChI is InChI=1S/C14H21NO4S2/c1-11-8-12(18-2)4-5-13(11)21(16,17)15-9-14(19-3)6-7-20-10-14/h4-5,8,15H,6-7,9-10H2,1-3H3. The molecule has 1 aliphatic heterocycles. The van der Waals surface area contributed by atoms with Gasteiger partial charge in [-0.1, -0.05) is 0 Å². The van der Waals surface area contributed by atoms with Gasteiger partial charge in [-0.15, -0.1) is 0 Å². The van der Waals surface area contributed by atoms with Crippen LogP contribution in [0.1, 0.15) is 12.0 Å². The first kappa shape index (κ1) is 16.6. The van der Waals surface area contributed by atoms with E-state index in [-0.39, 0.29) is 4.90 Å². The van der Waals surface area contributed by atoms with Crippen LogP contribution in [0, 0.1) is 6.92 Å². The number of aryl methyl sites for hydroxylation is 1. The van der Waals surface area contributed by atoms with Crippen molar-refractivity contribution in [1.82, 2.24) is 4.72 Å². The molecule has 0 saturated carbocycles. The summed E-state index contributed by atoms with van der Waals surface area (Å²) >= 11 is 1.78. The van der Waals surface area contributed by atoms with Gasteiger partial charge in [0.15, 0.2) is 0 Å². The van der Waals surface area contributed by atoms with Crippen LogP contribution in [0.4, 0.5) is 0 Å². The van der Waals surface area contributed by atoms with Crippen LogP contribution in [0.5, 0.6) is 5.75 Å². The van der Waals surface area contributed by atoms with Crippen molar-refractivity contribution in [2.75, 3.05) is 32.3 Å². The number of hydrogen-bond donors (Lipinski definition) is 1. The predicted molar refractivity (Wildman–Crippen MR) is 84.6 cm³/mol. The number of hydrogen-bond acceptors (Lipinski definition) is 5. The molecule has 0 aliphatic carbocycles. The minimum atomic E-state index is -3.55. The van der Waals surface area contributed by atoms with E-state index in [0.29, 0.717) is 17.9 Å². The lowest BCUT2D eigenvalue weighted by molar-refractivity contribution is 0.0179. The number of rotatable bonds is 6. The second-order valence-electron chi connectivity index (χ2n) is 5.15. The van der Waals surface area contributed by atoms with Crippen LogP contribution in [0.3, 0.4) is 0 Å². The summed E-state index contributed by atoms with van der Waals surface area (Å²) in [5.41, 5.74) is 0.270. The van der Waals surface area contributed by atoms with E-state index in [9.17, 15) is 8.42 Å². The summed E-state index contributed by atoms with van der Waals surface area (Å²) < 4.78 is 38.2. The van der Waals surface area contributed by atoms with E-state index in [2.05, 4.69) is 4.72 Å². The average molecular weight is 331 g/mol. The van der Waals surface area contributed by atoms with E-state index in [1.54, 1.807) is 51.1 Å². The average Bonchev–Trinajstić information content (AvgIpc) is 2.94. The largest absolute Gasteiger partial charge is 0.497 e. The zero-order valence-corrected chi connectivity index (χ0v) is 14.1. The summed E-state index contributed by atoms with van der Waals surface area (Å²) in [6, 6.07) is 4.94. The van der Waals surface area contributed by atoms with Crippen LogP contribution >= 0.6 is 11.8 Å². The number of thioether (sulfide) groups is 1. The Kier molecular flexibility index (Phi) is 5.19. The first-order valence-electron chi connectivity index (χ1n) is 6.70. The third kappa shape index (κ3) is 3.71. The van der Waals surface area contributed by atoms with Gasteiger partial charge in [0, 0.05) is 19.4 Å². The molecule has 118 valence electrons.